The highest BCUT2D eigenvalue weighted by Crippen LogP contribution is 2.48. The largest absolute Gasteiger partial charge is 0.444 e. The number of carbonyl (C=O) groups is 2. The van der Waals surface area contributed by atoms with Crippen molar-refractivity contribution in [2.24, 2.45) is 0 Å². The van der Waals surface area contributed by atoms with Crippen LogP contribution in [0.5, 0.6) is 11.6 Å². The molecule has 1 atom stereocenters. The number of ether oxygens (including phenoxy) is 3. The number of hydrogen-bond donors (Lipinski definition) is 2. The third-order valence-corrected chi connectivity index (χ3v) is 4.69. The van der Waals surface area contributed by atoms with E-state index in [1.165, 1.54) is 36.5 Å². The van der Waals surface area contributed by atoms with Gasteiger partial charge < -0.3 is 24.8 Å². The fourth-order valence-corrected chi connectivity index (χ4v) is 3.03. The molecule has 1 aliphatic rings. The lowest BCUT2D eigenvalue weighted by Crippen LogP contribution is -2.38. The number of rotatable bonds is 5. The Morgan fingerprint density at radius 2 is 1.91 bits per heavy atom. The summed E-state index contributed by atoms with van der Waals surface area (Å²) in [5.74, 6) is -0.214. The van der Waals surface area contributed by atoms with Crippen LogP contribution in [0, 0.1) is 0 Å². The van der Waals surface area contributed by atoms with E-state index < -0.39 is 29.4 Å². The van der Waals surface area contributed by atoms with Gasteiger partial charge >= 0.3 is 12.3 Å². The Hall–Kier alpha value is -3.34. The molecule has 2 aromatic rings. The summed E-state index contributed by atoms with van der Waals surface area (Å²) in [6.07, 6.45) is -3.98. The Labute approximate surface area is 188 Å². The van der Waals surface area contributed by atoms with E-state index in [0.29, 0.717) is 11.3 Å². The fourth-order valence-electron chi connectivity index (χ4n) is 3.03. The molecule has 1 aromatic carbocycles. The van der Waals surface area contributed by atoms with Gasteiger partial charge in [0.15, 0.2) is 5.60 Å². The molecule has 0 aliphatic carbocycles. The molecule has 178 valence electrons. The van der Waals surface area contributed by atoms with Crippen LogP contribution in [-0.4, -0.2) is 35.3 Å². The number of halogens is 3. The zero-order valence-corrected chi connectivity index (χ0v) is 18.5. The van der Waals surface area contributed by atoms with Crippen LogP contribution in [0.25, 0.3) is 0 Å². The first kappa shape index (κ1) is 24.3. The van der Waals surface area contributed by atoms with E-state index in [-0.39, 0.29) is 30.3 Å². The first-order chi connectivity index (χ1) is 15.3. The summed E-state index contributed by atoms with van der Waals surface area (Å²) in [5, 5.41) is 4.88. The van der Waals surface area contributed by atoms with Crippen LogP contribution in [0.4, 0.5) is 23.7 Å². The molecule has 3 rings (SSSR count). The number of anilines is 1. The van der Waals surface area contributed by atoms with Crippen molar-refractivity contribution < 1.29 is 37.0 Å². The highest BCUT2D eigenvalue weighted by Gasteiger charge is 2.57. The number of nitrogens with one attached hydrogen (secondary N) is 2. The van der Waals surface area contributed by atoms with Gasteiger partial charge in [-0.25, -0.2) is 9.78 Å². The van der Waals surface area contributed by atoms with Gasteiger partial charge in [0, 0.05) is 11.6 Å². The van der Waals surface area contributed by atoms with Crippen LogP contribution in [0.15, 0.2) is 36.5 Å². The van der Waals surface area contributed by atoms with E-state index in [0.717, 1.165) is 6.92 Å². The van der Waals surface area contributed by atoms with Crippen molar-refractivity contribution >= 4 is 17.7 Å². The Morgan fingerprint density at radius 3 is 2.52 bits per heavy atom. The second-order valence-corrected chi connectivity index (χ2v) is 8.53. The minimum atomic E-state index is -4.58. The first-order valence-corrected chi connectivity index (χ1v) is 10.0. The molecule has 0 radical (unpaired) electrons. The first-order valence-electron chi connectivity index (χ1n) is 10.0. The number of hydrogen-bond acceptors (Lipinski definition) is 6. The number of alkyl carbamates (subject to hydrolysis) is 1. The lowest BCUT2D eigenvalue weighted by Gasteiger charge is -2.27. The summed E-state index contributed by atoms with van der Waals surface area (Å²) in [7, 11) is 0. The van der Waals surface area contributed by atoms with Gasteiger partial charge in [-0.15, -0.1) is 0 Å². The number of benzene rings is 1. The van der Waals surface area contributed by atoms with E-state index in [2.05, 4.69) is 15.6 Å². The molecular formula is C22H24F3N3O5. The lowest BCUT2D eigenvalue weighted by atomic mass is 9.93. The highest BCUT2D eigenvalue weighted by molar-refractivity contribution is 5.93. The molecule has 0 bridgehead atoms. The van der Waals surface area contributed by atoms with Gasteiger partial charge in [0.25, 0.3) is 0 Å². The van der Waals surface area contributed by atoms with Gasteiger partial charge in [-0.1, -0.05) is 6.07 Å². The highest BCUT2D eigenvalue weighted by atomic mass is 19.4. The Morgan fingerprint density at radius 1 is 1.18 bits per heavy atom. The van der Waals surface area contributed by atoms with Crippen LogP contribution in [0.1, 0.15) is 38.8 Å². The Balaban J connectivity index is 1.59. The van der Waals surface area contributed by atoms with Gasteiger partial charge in [-0.05, 0) is 51.5 Å². The molecule has 0 saturated carbocycles. The summed E-state index contributed by atoms with van der Waals surface area (Å²) in [6, 6.07) is 7.29. The summed E-state index contributed by atoms with van der Waals surface area (Å²) < 4.78 is 56.0. The normalized spacial score (nSPS) is 17.8. The summed E-state index contributed by atoms with van der Waals surface area (Å²) >= 11 is 0. The lowest BCUT2D eigenvalue weighted by molar-refractivity contribution is -0.272. The van der Waals surface area contributed by atoms with Crippen molar-refractivity contribution in [3.63, 3.8) is 0 Å². The quantitative estimate of drug-likeness (QED) is 0.665. The molecule has 2 N–H and O–H groups in total. The molecule has 1 unspecified atom stereocenters. The minimum absolute atomic E-state index is 0.00568. The van der Waals surface area contributed by atoms with Gasteiger partial charge in [0.05, 0.1) is 18.5 Å². The number of amides is 2. The topological polar surface area (TPSA) is 98.8 Å². The van der Waals surface area contributed by atoms with E-state index in [9.17, 15) is 22.8 Å². The van der Waals surface area contributed by atoms with Gasteiger partial charge in [0.2, 0.25) is 11.8 Å². The number of alkyl halides is 3. The second kappa shape index (κ2) is 8.89. The molecule has 33 heavy (non-hydrogen) atoms. The number of carbonyl (C=O) groups excluding carboxylic acids is 2. The zero-order valence-electron chi connectivity index (χ0n) is 18.5. The van der Waals surface area contributed by atoms with Crippen LogP contribution in [-0.2, 0) is 26.5 Å². The molecule has 11 heteroatoms. The van der Waals surface area contributed by atoms with Crippen LogP contribution in [0.3, 0.4) is 0 Å². The van der Waals surface area contributed by atoms with Crippen molar-refractivity contribution in [1.29, 1.82) is 0 Å². The maximum Gasteiger partial charge on any atom is 0.421 e. The SMILES string of the molecule is CC(C)(C)OC(=O)NCC(=O)Nc1ccc(Oc2ccc3c(c2)C(C)(C(F)(F)F)OC3)nc1. The fraction of sp³-hybridized carbons (Fsp3) is 0.409. The number of fused-ring (bicyclic) bond motifs is 1. The smallest absolute Gasteiger partial charge is 0.421 e. The number of pyridine rings is 1. The van der Waals surface area contributed by atoms with Gasteiger partial charge in [-0.2, -0.15) is 13.2 Å². The van der Waals surface area contributed by atoms with E-state index in [1.54, 1.807) is 20.8 Å². The molecule has 1 aromatic heterocycles. The maximum absolute atomic E-state index is 13.5. The van der Waals surface area contributed by atoms with Gasteiger partial charge in [0.1, 0.15) is 17.9 Å². The monoisotopic (exact) mass is 467 g/mol. The Bertz CT molecular complexity index is 1040. The predicted molar refractivity (Wildman–Crippen MR) is 112 cm³/mol. The molecule has 1 aliphatic heterocycles. The van der Waals surface area contributed by atoms with Gasteiger partial charge in [-0.3, -0.25) is 4.79 Å². The molecule has 2 amide bonds. The third kappa shape index (κ3) is 5.92. The molecule has 0 spiro atoms. The zero-order chi connectivity index (χ0) is 24.4. The summed E-state index contributed by atoms with van der Waals surface area (Å²) in [4.78, 5) is 27.6. The molecular weight excluding hydrogens is 443 g/mol. The van der Waals surface area contributed by atoms with E-state index in [1.807, 2.05) is 0 Å². The summed E-state index contributed by atoms with van der Waals surface area (Å²) in [6.45, 7) is 5.65. The summed E-state index contributed by atoms with van der Waals surface area (Å²) in [5.41, 5.74) is -2.32. The van der Waals surface area contributed by atoms with E-state index in [4.69, 9.17) is 14.2 Å². The maximum atomic E-state index is 13.5. The predicted octanol–water partition coefficient (Wildman–Crippen LogP) is 4.64. The number of nitrogens with zero attached hydrogens (tertiary/aromatic N) is 1. The van der Waals surface area contributed by atoms with Crippen LogP contribution >= 0.6 is 0 Å². The van der Waals surface area contributed by atoms with E-state index >= 15 is 0 Å². The standard InChI is InChI=1S/C22H24F3N3O5/c1-20(2,3)33-19(30)27-11-17(29)28-14-6-8-18(26-10-14)32-15-7-5-13-12-31-21(4,16(13)9-15)22(23,24)25/h5-10H,11-12H2,1-4H3,(H,27,30)(H,28,29). The molecule has 0 fully saturated rings. The van der Waals surface area contributed by atoms with Crippen molar-refractivity contribution in [2.45, 2.75) is 51.7 Å². The van der Waals surface area contributed by atoms with Crippen molar-refractivity contribution in [1.82, 2.24) is 10.3 Å². The average molecular weight is 467 g/mol. The molecule has 2 heterocycles. The Kier molecular flexibility index (Phi) is 6.55. The molecule has 8 nitrogen and oxygen atoms in total. The number of aromatic nitrogens is 1. The minimum Gasteiger partial charge on any atom is -0.444 e. The molecule has 0 saturated heterocycles. The van der Waals surface area contributed by atoms with Crippen molar-refractivity contribution in [3.05, 3.63) is 47.7 Å². The van der Waals surface area contributed by atoms with Crippen LogP contribution in [0.2, 0.25) is 0 Å². The average Bonchev–Trinajstić information content (AvgIpc) is 3.04. The third-order valence-electron chi connectivity index (χ3n) is 4.69. The van der Waals surface area contributed by atoms with Crippen molar-refractivity contribution in [2.75, 3.05) is 11.9 Å². The van der Waals surface area contributed by atoms with Crippen molar-refractivity contribution in [3.8, 4) is 11.6 Å². The second-order valence-electron chi connectivity index (χ2n) is 8.53. The van der Waals surface area contributed by atoms with Crippen LogP contribution < -0.4 is 15.4 Å².